The molecule has 160 valence electrons. The van der Waals surface area contributed by atoms with Gasteiger partial charge in [-0.15, -0.1) is 0 Å². The van der Waals surface area contributed by atoms with E-state index in [9.17, 15) is 0 Å². The van der Waals surface area contributed by atoms with Crippen LogP contribution < -0.4 is 4.74 Å². The Morgan fingerprint density at radius 3 is 2.59 bits per heavy atom. The number of ether oxygens (including phenoxy) is 1. The van der Waals surface area contributed by atoms with Crippen LogP contribution >= 0.6 is 11.6 Å². The Bertz CT molecular complexity index is 1420. The van der Waals surface area contributed by atoms with E-state index in [1.54, 1.807) is 25.3 Å². The zero-order valence-corrected chi connectivity index (χ0v) is 18.8. The minimum atomic E-state index is 0.439. The molecule has 5 nitrogen and oxygen atoms in total. The van der Waals surface area contributed by atoms with Crippen molar-refractivity contribution in [3.63, 3.8) is 0 Å². The molecule has 0 N–H and O–H groups in total. The van der Waals surface area contributed by atoms with Gasteiger partial charge in [0.05, 0.1) is 12.7 Å². The van der Waals surface area contributed by atoms with E-state index in [0.717, 1.165) is 12.1 Å². The Morgan fingerprint density at radius 2 is 1.81 bits per heavy atom. The fraction of sp³-hybridized carbons (Fsp3) is 0.154. The van der Waals surface area contributed by atoms with E-state index >= 15 is 0 Å². The SMILES string of the molecule is COc1ccc(Cl)cc1-c1noc(-c2ccc3c(c2)c(C)c(C)n3Cc2ccccc2)n1. The van der Waals surface area contributed by atoms with Crippen LogP contribution in [0.2, 0.25) is 5.02 Å². The van der Waals surface area contributed by atoms with Gasteiger partial charge in [-0.3, -0.25) is 0 Å². The molecule has 0 aliphatic heterocycles. The van der Waals surface area contributed by atoms with E-state index in [1.165, 1.54) is 27.7 Å². The van der Waals surface area contributed by atoms with E-state index in [-0.39, 0.29) is 0 Å². The van der Waals surface area contributed by atoms with Crippen molar-refractivity contribution >= 4 is 22.5 Å². The lowest BCUT2D eigenvalue weighted by molar-refractivity contribution is 0.413. The number of rotatable bonds is 5. The maximum atomic E-state index is 6.16. The summed E-state index contributed by atoms with van der Waals surface area (Å²) in [6.45, 7) is 5.14. The van der Waals surface area contributed by atoms with Crippen molar-refractivity contribution in [2.75, 3.05) is 7.11 Å². The molecule has 0 spiro atoms. The Morgan fingerprint density at radius 1 is 1.00 bits per heavy atom. The lowest BCUT2D eigenvalue weighted by Crippen LogP contribution is -2.01. The molecular formula is C26H22ClN3O2. The molecule has 0 fully saturated rings. The van der Waals surface area contributed by atoms with Gasteiger partial charge in [0, 0.05) is 33.7 Å². The van der Waals surface area contributed by atoms with Crippen molar-refractivity contribution < 1.29 is 9.26 Å². The Balaban J connectivity index is 1.54. The maximum Gasteiger partial charge on any atom is 0.258 e. The second-order valence-corrected chi connectivity index (χ2v) is 8.22. The molecule has 5 rings (SSSR count). The van der Waals surface area contributed by atoms with Crippen LogP contribution in [0.1, 0.15) is 16.8 Å². The van der Waals surface area contributed by atoms with Crippen molar-refractivity contribution in [2.24, 2.45) is 0 Å². The monoisotopic (exact) mass is 443 g/mol. The zero-order chi connectivity index (χ0) is 22.2. The molecule has 2 heterocycles. The van der Waals surface area contributed by atoms with Gasteiger partial charge in [-0.1, -0.05) is 47.1 Å². The van der Waals surface area contributed by atoms with Crippen molar-refractivity contribution in [1.82, 2.24) is 14.7 Å². The number of aromatic nitrogens is 3. The van der Waals surface area contributed by atoms with Crippen LogP contribution in [-0.2, 0) is 6.54 Å². The van der Waals surface area contributed by atoms with Gasteiger partial charge in [-0.2, -0.15) is 4.98 Å². The molecule has 5 aromatic rings. The molecule has 0 atom stereocenters. The number of hydrogen-bond donors (Lipinski definition) is 0. The number of benzene rings is 3. The molecule has 0 aliphatic rings. The molecule has 3 aromatic carbocycles. The van der Waals surface area contributed by atoms with Gasteiger partial charge in [-0.05, 0) is 61.4 Å². The van der Waals surface area contributed by atoms with Gasteiger partial charge < -0.3 is 13.8 Å². The Kier molecular flexibility index (Phi) is 5.19. The molecule has 6 heteroatoms. The third kappa shape index (κ3) is 3.55. The normalized spacial score (nSPS) is 11.2. The van der Waals surface area contributed by atoms with Crippen LogP contribution in [0.25, 0.3) is 33.7 Å². The van der Waals surface area contributed by atoms with Crippen LogP contribution in [0, 0.1) is 13.8 Å². The van der Waals surface area contributed by atoms with Crippen molar-refractivity contribution in [1.29, 1.82) is 0 Å². The maximum absolute atomic E-state index is 6.16. The van der Waals surface area contributed by atoms with Crippen LogP contribution in [0.3, 0.4) is 0 Å². The molecule has 2 aromatic heterocycles. The minimum absolute atomic E-state index is 0.439. The van der Waals surface area contributed by atoms with Gasteiger partial charge >= 0.3 is 0 Å². The summed E-state index contributed by atoms with van der Waals surface area (Å²) in [5, 5.41) is 5.92. The molecule has 0 bridgehead atoms. The van der Waals surface area contributed by atoms with Crippen molar-refractivity contribution in [3.05, 3.63) is 88.6 Å². The van der Waals surface area contributed by atoms with Gasteiger partial charge in [0.25, 0.3) is 5.89 Å². The smallest absolute Gasteiger partial charge is 0.258 e. The fourth-order valence-corrected chi connectivity index (χ4v) is 4.23. The third-order valence-electron chi connectivity index (χ3n) is 5.90. The highest BCUT2D eigenvalue weighted by Crippen LogP contribution is 2.34. The third-order valence-corrected chi connectivity index (χ3v) is 6.13. The molecule has 0 saturated carbocycles. The first-order valence-corrected chi connectivity index (χ1v) is 10.7. The number of aryl methyl sites for hydroxylation is 1. The summed E-state index contributed by atoms with van der Waals surface area (Å²) >= 11 is 6.16. The lowest BCUT2D eigenvalue weighted by atomic mass is 10.1. The van der Waals surface area contributed by atoms with E-state index in [4.69, 9.17) is 20.9 Å². The van der Waals surface area contributed by atoms with Crippen LogP contribution in [0.15, 0.2) is 71.3 Å². The number of hydrogen-bond acceptors (Lipinski definition) is 4. The van der Waals surface area contributed by atoms with E-state index in [0.29, 0.717) is 28.1 Å². The quantitative estimate of drug-likeness (QED) is 0.304. The first-order valence-electron chi connectivity index (χ1n) is 10.4. The minimum Gasteiger partial charge on any atom is -0.496 e. The van der Waals surface area contributed by atoms with Gasteiger partial charge in [0.15, 0.2) is 0 Å². The van der Waals surface area contributed by atoms with E-state index < -0.39 is 0 Å². The number of nitrogens with zero attached hydrogens (tertiary/aromatic N) is 3. The summed E-state index contributed by atoms with van der Waals surface area (Å²) < 4.78 is 13.4. The zero-order valence-electron chi connectivity index (χ0n) is 18.1. The average molecular weight is 444 g/mol. The predicted molar refractivity (Wildman–Crippen MR) is 127 cm³/mol. The van der Waals surface area contributed by atoms with Crippen LogP contribution in [0.5, 0.6) is 5.75 Å². The summed E-state index contributed by atoms with van der Waals surface area (Å²) in [6, 6.07) is 22.1. The second-order valence-electron chi connectivity index (χ2n) is 7.78. The largest absolute Gasteiger partial charge is 0.496 e. The molecular weight excluding hydrogens is 422 g/mol. The van der Waals surface area contributed by atoms with E-state index in [1.807, 2.05) is 12.1 Å². The van der Waals surface area contributed by atoms with E-state index in [2.05, 4.69) is 65.0 Å². The topological polar surface area (TPSA) is 53.1 Å². The average Bonchev–Trinajstić information content (AvgIpc) is 3.40. The lowest BCUT2D eigenvalue weighted by Gasteiger charge is -2.09. The van der Waals surface area contributed by atoms with Gasteiger partial charge in [0.2, 0.25) is 5.82 Å². The molecule has 0 amide bonds. The number of halogens is 1. The molecule has 0 aliphatic carbocycles. The Hall–Kier alpha value is -3.57. The van der Waals surface area contributed by atoms with Crippen LogP contribution in [0.4, 0.5) is 0 Å². The molecule has 0 unspecified atom stereocenters. The van der Waals surface area contributed by atoms with Crippen molar-refractivity contribution in [3.8, 4) is 28.6 Å². The summed E-state index contributed by atoms with van der Waals surface area (Å²) in [5.74, 6) is 1.53. The number of methoxy groups -OCH3 is 1. The van der Waals surface area contributed by atoms with Crippen molar-refractivity contribution in [2.45, 2.75) is 20.4 Å². The fourth-order valence-electron chi connectivity index (χ4n) is 4.06. The standard InChI is InChI=1S/C26H22ClN3O2/c1-16-17(2)30(15-18-7-5-4-6-8-18)23-11-9-19(13-21(16)23)26-28-25(29-32-26)22-14-20(27)10-12-24(22)31-3/h4-14H,15H2,1-3H3. The first-order chi connectivity index (χ1) is 15.5. The summed E-state index contributed by atoms with van der Waals surface area (Å²) in [5.41, 5.74) is 6.51. The summed E-state index contributed by atoms with van der Waals surface area (Å²) in [6.07, 6.45) is 0. The molecule has 0 saturated heterocycles. The van der Waals surface area contributed by atoms with Gasteiger partial charge in [-0.25, -0.2) is 0 Å². The molecule has 0 radical (unpaired) electrons. The van der Waals surface area contributed by atoms with Gasteiger partial charge in [0.1, 0.15) is 5.75 Å². The first kappa shape index (κ1) is 20.3. The highest BCUT2D eigenvalue weighted by atomic mass is 35.5. The Labute approximate surface area is 191 Å². The number of fused-ring (bicyclic) bond motifs is 1. The van der Waals surface area contributed by atoms with Crippen LogP contribution in [-0.4, -0.2) is 21.8 Å². The molecule has 32 heavy (non-hydrogen) atoms. The second kappa shape index (κ2) is 8.17. The predicted octanol–water partition coefficient (Wildman–Crippen LogP) is 6.69. The summed E-state index contributed by atoms with van der Waals surface area (Å²) in [7, 11) is 1.60. The highest BCUT2D eigenvalue weighted by molar-refractivity contribution is 6.30. The summed E-state index contributed by atoms with van der Waals surface area (Å²) in [4.78, 5) is 4.61. The highest BCUT2D eigenvalue weighted by Gasteiger charge is 2.17.